The van der Waals surface area contributed by atoms with Gasteiger partial charge in [-0.1, -0.05) is 35.9 Å². The molecule has 4 rings (SSSR count). The number of thioether (sulfide) groups is 1. The minimum absolute atomic E-state index is 0.510. The first-order valence-electron chi connectivity index (χ1n) is 8.37. The summed E-state index contributed by atoms with van der Waals surface area (Å²) < 4.78 is 5.81. The standard InChI is InChI=1S/C21H18N2OS2/c1-15-6-8-17(9-7-15)24-12-21-23-16(14-26-21)13-25-20-10-11-22-19-5-3-2-4-18(19)20/h2-11,14H,12-13H2,1H3. The van der Waals surface area contributed by atoms with E-state index in [-0.39, 0.29) is 0 Å². The molecule has 130 valence electrons. The van der Waals surface area contributed by atoms with Gasteiger partial charge < -0.3 is 4.74 Å². The highest BCUT2D eigenvalue weighted by atomic mass is 32.2. The van der Waals surface area contributed by atoms with Gasteiger partial charge in [0.1, 0.15) is 17.4 Å². The van der Waals surface area contributed by atoms with Crippen molar-refractivity contribution in [2.45, 2.75) is 24.2 Å². The summed E-state index contributed by atoms with van der Waals surface area (Å²) in [6.45, 7) is 2.58. The van der Waals surface area contributed by atoms with E-state index in [1.54, 1.807) is 23.1 Å². The minimum Gasteiger partial charge on any atom is -0.486 e. The molecule has 0 amide bonds. The maximum atomic E-state index is 5.81. The van der Waals surface area contributed by atoms with Crippen molar-refractivity contribution in [2.24, 2.45) is 0 Å². The van der Waals surface area contributed by atoms with E-state index in [9.17, 15) is 0 Å². The zero-order valence-electron chi connectivity index (χ0n) is 14.4. The molecule has 3 nitrogen and oxygen atoms in total. The number of nitrogens with zero attached hydrogens (tertiary/aromatic N) is 2. The first kappa shape index (κ1) is 17.1. The number of aryl methyl sites for hydroxylation is 1. The maximum Gasteiger partial charge on any atom is 0.140 e. The Morgan fingerprint density at radius 1 is 1.04 bits per heavy atom. The number of fused-ring (bicyclic) bond motifs is 1. The van der Waals surface area contributed by atoms with Crippen molar-refractivity contribution in [3.8, 4) is 5.75 Å². The van der Waals surface area contributed by atoms with Crippen LogP contribution < -0.4 is 4.74 Å². The summed E-state index contributed by atoms with van der Waals surface area (Å²) in [5.41, 5.74) is 3.35. The van der Waals surface area contributed by atoms with Crippen LogP contribution in [0.25, 0.3) is 10.9 Å². The molecule has 0 aliphatic heterocycles. The summed E-state index contributed by atoms with van der Waals surface area (Å²) >= 11 is 3.44. The van der Waals surface area contributed by atoms with Gasteiger partial charge in [0.25, 0.3) is 0 Å². The fourth-order valence-corrected chi connectivity index (χ4v) is 4.36. The minimum atomic E-state index is 0.510. The number of thiazole rings is 1. The second kappa shape index (κ2) is 7.89. The number of hydrogen-bond donors (Lipinski definition) is 0. The zero-order valence-corrected chi connectivity index (χ0v) is 16.0. The Hall–Kier alpha value is -2.37. The molecule has 5 heteroatoms. The molecule has 0 bridgehead atoms. The number of rotatable bonds is 6. The number of aromatic nitrogens is 2. The van der Waals surface area contributed by atoms with Gasteiger partial charge in [-0.05, 0) is 31.2 Å². The third-order valence-electron chi connectivity index (χ3n) is 3.97. The van der Waals surface area contributed by atoms with Gasteiger partial charge in [-0.2, -0.15) is 0 Å². The molecule has 0 aliphatic carbocycles. The van der Waals surface area contributed by atoms with E-state index in [1.807, 2.05) is 30.5 Å². The highest BCUT2D eigenvalue weighted by molar-refractivity contribution is 7.98. The molecule has 0 fully saturated rings. The van der Waals surface area contributed by atoms with E-state index < -0.39 is 0 Å². The van der Waals surface area contributed by atoms with Crippen LogP contribution in [0.3, 0.4) is 0 Å². The van der Waals surface area contributed by atoms with Crippen molar-refractivity contribution in [1.82, 2.24) is 9.97 Å². The van der Waals surface area contributed by atoms with Crippen molar-refractivity contribution >= 4 is 34.0 Å². The molecule has 2 aromatic heterocycles. The van der Waals surface area contributed by atoms with Crippen LogP contribution in [0.5, 0.6) is 5.75 Å². The third-order valence-corrected chi connectivity index (χ3v) is 5.95. The van der Waals surface area contributed by atoms with Gasteiger partial charge in [0.05, 0.1) is 11.2 Å². The molecule has 2 heterocycles. The Morgan fingerprint density at radius 2 is 1.88 bits per heavy atom. The molecule has 26 heavy (non-hydrogen) atoms. The predicted molar refractivity (Wildman–Crippen MR) is 109 cm³/mol. The topological polar surface area (TPSA) is 35.0 Å². The van der Waals surface area contributed by atoms with Crippen LogP contribution in [0.4, 0.5) is 0 Å². The fourth-order valence-electron chi connectivity index (χ4n) is 2.61. The first-order valence-corrected chi connectivity index (χ1v) is 10.2. The van der Waals surface area contributed by atoms with Gasteiger partial charge in [-0.15, -0.1) is 23.1 Å². The van der Waals surface area contributed by atoms with Crippen LogP contribution in [-0.2, 0) is 12.4 Å². The molecule has 2 aromatic carbocycles. The summed E-state index contributed by atoms with van der Waals surface area (Å²) in [5, 5.41) is 4.31. The van der Waals surface area contributed by atoms with Gasteiger partial charge in [0, 0.05) is 27.6 Å². The predicted octanol–water partition coefficient (Wildman–Crippen LogP) is 5.87. The van der Waals surface area contributed by atoms with Crippen molar-refractivity contribution in [2.75, 3.05) is 0 Å². The van der Waals surface area contributed by atoms with Crippen molar-refractivity contribution < 1.29 is 4.74 Å². The summed E-state index contributed by atoms with van der Waals surface area (Å²) in [6.07, 6.45) is 1.87. The molecule has 0 radical (unpaired) electrons. The normalized spacial score (nSPS) is 11.0. The van der Waals surface area contributed by atoms with Crippen LogP contribution in [-0.4, -0.2) is 9.97 Å². The molecule has 4 aromatic rings. The Bertz CT molecular complexity index is 1010. The lowest BCUT2D eigenvalue weighted by molar-refractivity contribution is 0.305. The molecule has 0 atom stereocenters. The quantitative estimate of drug-likeness (QED) is 0.393. The third kappa shape index (κ3) is 4.06. The van der Waals surface area contributed by atoms with Crippen LogP contribution in [0, 0.1) is 6.92 Å². The number of ether oxygens (including phenoxy) is 1. The first-order chi connectivity index (χ1) is 12.8. The molecule has 0 spiro atoms. The van der Waals surface area contributed by atoms with E-state index in [0.29, 0.717) is 6.61 Å². The van der Waals surface area contributed by atoms with Crippen LogP contribution in [0.1, 0.15) is 16.3 Å². The Morgan fingerprint density at radius 3 is 2.77 bits per heavy atom. The second-order valence-electron chi connectivity index (χ2n) is 5.95. The van der Waals surface area contributed by atoms with Crippen molar-refractivity contribution in [3.63, 3.8) is 0 Å². The molecule has 0 aliphatic rings. The highest BCUT2D eigenvalue weighted by Gasteiger charge is 2.06. The number of para-hydroxylation sites is 1. The van der Waals surface area contributed by atoms with Crippen LogP contribution in [0.2, 0.25) is 0 Å². The number of pyridine rings is 1. The van der Waals surface area contributed by atoms with Crippen LogP contribution in [0.15, 0.2) is 71.1 Å². The SMILES string of the molecule is Cc1ccc(OCc2nc(CSc3ccnc4ccccc34)cs2)cc1. The van der Waals surface area contributed by atoms with E-state index in [2.05, 4.69) is 47.6 Å². The average Bonchev–Trinajstić information content (AvgIpc) is 3.14. The Labute approximate surface area is 161 Å². The number of benzene rings is 2. The van der Waals surface area contributed by atoms with E-state index in [1.165, 1.54) is 15.8 Å². The molecule has 0 saturated carbocycles. The summed E-state index contributed by atoms with van der Waals surface area (Å²) in [7, 11) is 0. The lowest BCUT2D eigenvalue weighted by Gasteiger charge is -2.05. The van der Waals surface area contributed by atoms with E-state index in [4.69, 9.17) is 9.72 Å². The van der Waals surface area contributed by atoms with Crippen molar-refractivity contribution in [3.05, 3.63) is 82.4 Å². The second-order valence-corrected chi connectivity index (χ2v) is 7.91. The summed E-state index contributed by atoms with van der Waals surface area (Å²) in [6, 6.07) is 18.4. The van der Waals surface area contributed by atoms with Gasteiger partial charge in [-0.25, -0.2) is 4.98 Å². The summed E-state index contributed by atoms with van der Waals surface area (Å²) in [5.74, 6) is 1.72. The molecule has 0 saturated heterocycles. The summed E-state index contributed by atoms with van der Waals surface area (Å²) in [4.78, 5) is 10.3. The van der Waals surface area contributed by atoms with E-state index >= 15 is 0 Å². The molecule has 0 N–H and O–H groups in total. The smallest absolute Gasteiger partial charge is 0.140 e. The lowest BCUT2D eigenvalue weighted by Crippen LogP contribution is -1.95. The Balaban J connectivity index is 1.38. The average molecular weight is 379 g/mol. The van der Waals surface area contributed by atoms with Gasteiger partial charge in [-0.3, -0.25) is 4.98 Å². The van der Waals surface area contributed by atoms with E-state index in [0.717, 1.165) is 27.7 Å². The number of hydrogen-bond acceptors (Lipinski definition) is 5. The monoisotopic (exact) mass is 378 g/mol. The molecular weight excluding hydrogens is 360 g/mol. The van der Waals surface area contributed by atoms with Gasteiger partial charge in [0.15, 0.2) is 0 Å². The van der Waals surface area contributed by atoms with Gasteiger partial charge in [0.2, 0.25) is 0 Å². The lowest BCUT2D eigenvalue weighted by atomic mass is 10.2. The van der Waals surface area contributed by atoms with Gasteiger partial charge >= 0.3 is 0 Å². The largest absolute Gasteiger partial charge is 0.486 e. The molecule has 0 unspecified atom stereocenters. The fraction of sp³-hybridized carbons (Fsp3) is 0.143. The highest BCUT2D eigenvalue weighted by Crippen LogP contribution is 2.29. The van der Waals surface area contributed by atoms with Crippen LogP contribution >= 0.6 is 23.1 Å². The molecular formula is C21H18N2OS2. The zero-order chi connectivity index (χ0) is 17.8. The maximum absolute atomic E-state index is 5.81. The Kier molecular flexibility index (Phi) is 5.18. The van der Waals surface area contributed by atoms with Crippen molar-refractivity contribution in [1.29, 1.82) is 0 Å².